The van der Waals surface area contributed by atoms with Gasteiger partial charge in [0.1, 0.15) is 11.5 Å². The summed E-state index contributed by atoms with van der Waals surface area (Å²) in [6.07, 6.45) is 0. The molecule has 1 atom stereocenters. The van der Waals surface area contributed by atoms with E-state index in [1.807, 2.05) is 0 Å². The number of benzene rings is 1. The lowest BCUT2D eigenvalue weighted by Crippen LogP contribution is -2.11. The van der Waals surface area contributed by atoms with Crippen LogP contribution in [0.15, 0.2) is 18.2 Å². The Hall–Kier alpha value is -0.710. The van der Waals surface area contributed by atoms with E-state index in [1.54, 1.807) is 13.0 Å². The van der Waals surface area contributed by atoms with Crippen molar-refractivity contribution in [2.75, 3.05) is 5.75 Å². The van der Waals surface area contributed by atoms with Gasteiger partial charge in [-0.05, 0) is 36.3 Å². The standard InChI is InChI=1S/C10H11ClO3S/c1-2-15(14)6-7-5-8(11)3-4-9(7)10(12)13/h3-5H,2,6H2,1H3,(H,12,13). The second kappa shape index (κ2) is 5.39. The van der Waals surface area contributed by atoms with E-state index in [1.165, 1.54) is 12.1 Å². The van der Waals surface area contributed by atoms with Crippen LogP contribution in [0.5, 0.6) is 0 Å². The Morgan fingerprint density at radius 2 is 2.27 bits per heavy atom. The molecule has 0 radical (unpaired) electrons. The van der Waals surface area contributed by atoms with Crippen molar-refractivity contribution in [2.45, 2.75) is 12.7 Å². The SMILES string of the molecule is CC[S+]([O-])Cc1cc(Cl)ccc1C(=O)O. The van der Waals surface area contributed by atoms with Crippen molar-refractivity contribution in [1.29, 1.82) is 0 Å². The maximum absolute atomic E-state index is 11.3. The van der Waals surface area contributed by atoms with Crippen molar-refractivity contribution in [3.8, 4) is 0 Å². The van der Waals surface area contributed by atoms with Crippen molar-refractivity contribution in [2.24, 2.45) is 0 Å². The summed E-state index contributed by atoms with van der Waals surface area (Å²) in [5.41, 5.74) is 0.691. The third-order valence-corrected chi connectivity index (χ3v) is 3.45. The fraction of sp³-hybridized carbons (Fsp3) is 0.300. The lowest BCUT2D eigenvalue weighted by Gasteiger charge is -2.10. The first-order chi connectivity index (χ1) is 7.04. The zero-order valence-electron chi connectivity index (χ0n) is 8.20. The fourth-order valence-electron chi connectivity index (χ4n) is 1.17. The summed E-state index contributed by atoms with van der Waals surface area (Å²) in [5, 5.41) is 9.36. The van der Waals surface area contributed by atoms with Gasteiger partial charge in [-0.3, -0.25) is 0 Å². The average molecular weight is 247 g/mol. The molecule has 0 saturated carbocycles. The molecule has 0 aromatic heterocycles. The van der Waals surface area contributed by atoms with Gasteiger partial charge in [-0.15, -0.1) is 0 Å². The van der Waals surface area contributed by atoms with Crippen LogP contribution in [0, 0.1) is 0 Å². The van der Waals surface area contributed by atoms with Gasteiger partial charge in [0.15, 0.2) is 0 Å². The predicted molar refractivity (Wildman–Crippen MR) is 60.8 cm³/mol. The normalized spacial score (nSPS) is 12.5. The van der Waals surface area contributed by atoms with Crippen LogP contribution < -0.4 is 0 Å². The molecule has 0 bridgehead atoms. The lowest BCUT2D eigenvalue weighted by atomic mass is 10.1. The summed E-state index contributed by atoms with van der Waals surface area (Å²) in [4.78, 5) is 10.9. The van der Waals surface area contributed by atoms with Crippen LogP contribution in [0.25, 0.3) is 0 Å². The fourth-order valence-corrected chi connectivity index (χ4v) is 2.15. The Morgan fingerprint density at radius 3 is 2.80 bits per heavy atom. The monoisotopic (exact) mass is 246 g/mol. The van der Waals surface area contributed by atoms with Crippen LogP contribution in [0.2, 0.25) is 5.02 Å². The lowest BCUT2D eigenvalue weighted by molar-refractivity contribution is 0.0696. The smallest absolute Gasteiger partial charge is 0.336 e. The van der Waals surface area contributed by atoms with Crippen LogP contribution in [0.1, 0.15) is 22.8 Å². The Balaban J connectivity index is 3.02. The number of carbonyl (C=O) groups is 1. The molecule has 1 aromatic carbocycles. The number of halogens is 1. The number of aromatic carboxylic acids is 1. The van der Waals surface area contributed by atoms with E-state index >= 15 is 0 Å². The number of rotatable bonds is 4. The van der Waals surface area contributed by atoms with Crippen LogP contribution in [0.3, 0.4) is 0 Å². The molecule has 0 saturated heterocycles. The summed E-state index contributed by atoms with van der Waals surface area (Å²) >= 11 is 4.72. The summed E-state index contributed by atoms with van der Waals surface area (Å²) in [6.45, 7) is 1.79. The van der Waals surface area contributed by atoms with Crippen LogP contribution >= 0.6 is 11.6 Å². The van der Waals surface area contributed by atoms with E-state index in [2.05, 4.69) is 0 Å². The molecule has 0 fully saturated rings. The van der Waals surface area contributed by atoms with Gasteiger partial charge in [-0.1, -0.05) is 11.6 Å². The average Bonchev–Trinajstić information content (AvgIpc) is 2.17. The van der Waals surface area contributed by atoms with Gasteiger partial charge in [0.05, 0.1) is 5.56 Å². The topological polar surface area (TPSA) is 60.4 Å². The van der Waals surface area contributed by atoms with Crippen LogP contribution in [0.4, 0.5) is 0 Å². The number of hydrogen-bond acceptors (Lipinski definition) is 2. The third-order valence-electron chi connectivity index (χ3n) is 1.94. The highest BCUT2D eigenvalue weighted by Crippen LogP contribution is 2.18. The van der Waals surface area contributed by atoms with E-state index in [0.717, 1.165) is 0 Å². The molecule has 82 valence electrons. The van der Waals surface area contributed by atoms with Gasteiger partial charge >= 0.3 is 5.97 Å². The number of hydrogen-bond donors (Lipinski definition) is 1. The van der Waals surface area contributed by atoms with E-state index in [4.69, 9.17) is 16.7 Å². The summed E-state index contributed by atoms with van der Waals surface area (Å²) in [5.74, 6) is -0.278. The molecular weight excluding hydrogens is 236 g/mol. The Morgan fingerprint density at radius 1 is 1.60 bits per heavy atom. The highest BCUT2D eigenvalue weighted by Gasteiger charge is 2.14. The molecule has 1 rings (SSSR count). The molecule has 0 heterocycles. The molecule has 1 aromatic rings. The highest BCUT2D eigenvalue weighted by atomic mass is 35.5. The minimum Gasteiger partial charge on any atom is -0.616 e. The van der Waals surface area contributed by atoms with Gasteiger partial charge in [-0.25, -0.2) is 4.79 Å². The van der Waals surface area contributed by atoms with Crippen molar-refractivity contribution >= 4 is 28.7 Å². The summed E-state index contributed by atoms with van der Waals surface area (Å²) in [6, 6.07) is 4.51. The second-order valence-corrected chi connectivity index (χ2v) is 5.16. The Bertz CT molecular complexity index is 368. The third kappa shape index (κ3) is 3.41. The summed E-state index contributed by atoms with van der Waals surface area (Å²) in [7, 11) is 0. The minimum atomic E-state index is -1.04. The molecule has 1 unspecified atom stereocenters. The van der Waals surface area contributed by atoms with Gasteiger partial charge in [0.25, 0.3) is 0 Å². The van der Waals surface area contributed by atoms with Gasteiger partial charge in [-0.2, -0.15) is 0 Å². The molecule has 0 aliphatic rings. The van der Waals surface area contributed by atoms with Crippen molar-refractivity contribution < 1.29 is 14.5 Å². The first-order valence-electron chi connectivity index (χ1n) is 4.41. The molecule has 0 aliphatic carbocycles. The molecule has 3 nitrogen and oxygen atoms in total. The van der Waals surface area contributed by atoms with E-state index < -0.39 is 17.1 Å². The Kier molecular flexibility index (Phi) is 4.45. The van der Waals surface area contributed by atoms with Gasteiger partial charge < -0.3 is 9.66 Å². The Labute approximate surface area is 96.2 Å². The zero-order valence-corrected chi connectivity index (χ0v) is 9.77. The maximum atomic E-state index is 11.3. The van der Waals surface area contributed by atoms with Crippen molar-refractivity contribution in [3.63, 3.8) is 0 Å². The number of carboxylic acid groups (broad SMARTS) is 1. The maximum Gasteiger partial charge on any atom is 0.336 e. The molecule has 15 heavy (non-hydrogen) atoms. The molecule has 0 amide bonds. The predicted octanol–water partition coefficient (Wildman–Crippen LogP) is 2.31. The van der Waals surface area contributed by atoms with Crippen LogP contribution in [-0.4, -0.2) is 21.4 Å². The molecular formula is C10H11ClO3S. The van der Waals surface area contributed by atoms with E-state index in [-0.39, 0.29) is 11.3 Å². The zero-order chi connectivity index (χ0) is 11.4. The van der Waals surface area contributed by atoms with Crippen LogP contribution in [-0.2, 0) is 16.9 Å². The highest BCUT2D eigenvalue weighted by molar-refractivity contribution is 7.90. The van der Waals surface area contributed by atoms with Crippen molar-refractivity contribution in [3.05, 3.63) is 34.3 Å². The summed E-state index contributed by atoms with van der Waals surface area (Å²) < 4.78 is 11.3. The first-order valence-corrected chi connectivity index (χ1v) is 6.28. The molecule has 1 N–H and O–H groups in total. The molecule has 5 heteroatoms. The molecule has 0 aliphatic heterocycles. The number of carboxylic acids is 1. The van der Waals surface area contributed by atoms with Gasteiger partial charge in [0, 0.05) is 10.6 Å². The van der Waals surface area contributed by atoms with E-state index in [0.29, 0.717) is 16.3 Å². The molecule has 0 spiro atoms. The first kappa shape index (κ1) is 12.4. The quantitative estimate of drug-likeness (QED) is 0.830. The van der Waals surface area contributed by atoms with Crippen molar-refractivity contribution in [1.82, 2.24) is 0 Å². The van der Waals surface area contributed by atoms with E-state index in [9.17, 15) is 9.35 Å². The largest absolute Gasteiger partial charge is 0.616 e. The van der Waals surface area contributed by atoms with Gasteiger partial charge in [0.2, 0.25) is 0 Å². The second-order valence-electron chi connectivity index (χ2n) is 2.98. The minimum absolute atomic E-state index is 0.168.